The molecule has 0 bridgehead atoms. The Morgan fingerprint density at radius 1 is 1.25 bits per heavy atom. The second-order valence-electron chi connectivity index (χ2n) is 3.23. The van der Waals surface area contributed by atoms with Gasteiger partial charge in [-0.3, -0.25) is 0 Å². The number of aromatic nitrogens is 1. The van der Waals surface area contributed by atoms with Crippen molar-refractivity contribution < 1.29 is 4.74 Å². The van der Waals surface area contributed by atoms with Crippen molar-refractivity contribution in [3.05, 3.63) is 52.6 Å². The van der Waals surface area contributed by atoms with Crippen molar-refractivity contribution in [2.24, 2.45) is 5.73 Å². The predicted molar refractivity (Wildman–Crippen MR) is 66.3 cm³/mol. The van der Waals surface area contributed by atoms with Crippen LogP contribution in [0.15, 0.2) is 47.1 Å². The summed E-state index contributed by atoms with van der Waals surface area (Å²) in [6.45, 7) is 0.414. The molecule has 0 aliphatic rings. The van der Waals surface area contributed by atoms with Gasteiger partial charge in [0.15, 0.2) is 0 Å². The number of hydrogen-bond acceptors (Lipinski definition) is 3. The molecule has 3 nitrogen and oxygen atoms in total. The Balaban J connectivity index is 2.26. The van der Waals surface area contributed by atoms with Crippen LogP contribution in [-0.4, -0.2) is 4.98 Å². The highest BCUT2D eigenvalue weighted by Gasteiger charge is 2.04. The average Bonchev–Trinajstić information content (AvgIpc) is 2.30. The van der Waals surface area contributed by atoms with Crippen LogP contribution in [-0.2, 0) is 6.54 Å². The van der Waals surface area contributed by atoms with Crippen LogP contribution in [0.3, 0.4) is 0 Å². The standard InChI is InChI=1S/C12H11BrN2O/c13-10-4-1-5-11(7-10)16-12-9(8-14)3-2-6-15-12/h1-7H,8,14H2. The van der Waals surface area contributed by atoms with E-state index in [1.807, 2.05) is 36.4 Å². The molecule has 0 amide bonds. The quantitative estimate of drug-likeness (QED) is 0.939. The second-order valence-corrected chi connectivity index (χ2v) is 4.15. The van der Waals surface area contributed by atoms with Gasteiger partial charge in [-0.2, -0.15) is 0 Å². The van der Waals surface area contributed by atoms with Crippen LogP contribution < -0.4 is 10.5 Å². The van der Waals surface area contributed by atoms with Crippen molar-refractivity contribution in [3.8, 4) is 11.6 Å². The lowest BCUT2D eigenvalue weighted by Crippen LogP contribution is -2.00. The van der Waals surface area contributed by atoms with E-state index in [4.69, 9.17) is 10.5 Å². The Morgan fingerprint density at radius 2 is 2.12 bits per heavy atom. The van der Waals surface area contributed by atoms with Gasteiger partial charge in [-0.05, 0) is 24.3 Å². The topological polar surface area (TPSA) is 48.1 Å². The van der Waals surface area contributed by atoms with E-state index in [-0.39, 0.29) is 0 Å². The predicted octanol–water partition coefficient (Wildman–Crippen LogP) is 3.10. The minimum atomic E-state index is 0.414. The lowest BCUT2D eigenvalue weighted by molar-refractivity contribution is 0.456. The third kappa shape index (κ3) is 2.59. The number of nitrogens with zero attached hydrogens (tertiary/aromatic N) is 1. The van der Waals surface area contributed by atoms with Crippen LogP contribution in [0, 0.1) is 0 Å². The number of rotatable bonds is 3. The molecule has 0 aliphatic heterocycles. The number of halogens is 1. The number of benzene rings is 1. The fourth-order valence-corrected chi connectivity index (χ4v) is 1.69. The summed E-state index contributed by atoms with van der Waals surface area (Å²) in [6.07, 6.45) is 1.69. The van der Waals surface area contributed by atoms with Gasteiger partial charge in [0.1, 0.15) is 5.75 Å². The maximum atomic E-state index is 5.66. The van der Waals surface area contributed by atoms with Gasteiger partial charge in [0.05, 0.1) is 0 Å². The van der Waals surface area contributed by atoms with Crippen LogP contribution in [0.25, 0.3) is 0 Å². The molecule has 1 heterocycles. The van der Waals surface area contributed by atoms with Crippen molar-refractivity contribution >= 4 is 15.9 Å². The van der Waals surface area contributed by atoms with Gasteiger partial charge in [0, 0.05) is 22.8 Å². The zero-order chi connectivity index (χ0) is 11.4. The van der Waals surface area contributed by atoms with Crippen molar-refractivity contribution in [2.75, 3.05) is 0 Å². The minimum absolute atomic E-state index is 0.414. The molecular formula is C12H11BrN2O. The summed E-state index contributed by atoms with van der Waals surface area (Å²) in [7, 11) is 0. The van der Waals surface area contributed by atoms with Gasteiger partial charge in [-0.1, -0.05) is 28.1 Å². The van der Waals surface area contributed by atoms with Gasteiger partial charge in [-0.25, -0.2) is 4.98 Å². The number of ether oxygens (including phenoxy) is 1. The van der Waals surface area contributed by atoms with Crippen LogP contribution in [0.4, 0.5) is 0 Å². The highest BCUT2D eigenvalue weighted by atomic mass is 79.9. The van der Waals surface area contributed by atoms with Crippen LogP contribution in [0.2, 0.25) is 0 Å². The largest absolute Gasteiger partial charge is 0.439 e. The van der Waals surface area contributed by atoms with E-state index in [0.717, 1.165) is 15.8 Å². The maximum absolute atomic E-state index is 5.66. The molecule has 0 radical (unpaired) electrons. The zero-order valence-electron chi connectivity index (χ0n) is 8.56. The SMILES string of the molecule is NCc1cccnc1Oc1cccc(Br)c1. The fourth-order valence-electron chi connectivity index (χ4n) is 1.31. The van der Waals surface area contributed by atoms with E-state index in [2.05, 4.69) is 20.9 Å². The molecular weight excluding hydrogens is 268 g/mol. The Labute approximate surface area is 102 Å². The van der Waals surface area contributed by atoms with Crippen LogP contribution in [0.5, 0.6) is 11.6 Å². The molecule has 0 atom stereocenters. The van der Waals surface area contributed by atoms with Crippen molar-refractivity contribution in [3.63, 3.8) is 0 Å². The average molecular weight is 279 g/mol. The molecule has 0 saturated heterocycles. The van der Waals surface area contributed by atoms with E-state index >= 15 is 0 Å². The van der Waals surface area contributed by atoms with E-state index in [9.17, 15) is 0 Å². The first kappa shape index (κ1) is 11.1. The molecule has 1 aromatic heterocycles. The Hall–Kier alpha value is -1.39. The van der Waals surface area contributed by atoms with E-state index < -0.39 is 0 Å². The molecule has 82 valence electrons. The van der Waals surface area contributed by atoms with Crippen molar-refractivity contribution in [2.45, 2.75) is 6.54 Å². The van der Waals surface area contributed by atoms with E-state index in [0.29, 0.717) is 12.4 Å². The lowest BCUT2D eigenvalue weighted by Gasteiger charge is -2.08. The molecule has 1 aromatic carbocycles. The van der Waals surface area contributed by atoms with Gasteiger partial charge in [-0.15, -0.1) is 0 Å². The number of hydrogen-bond donors (Lipinski definition) is 1. The van der Waals surface area contributed by atoms with E-state index in [1.165, 1.54) is 0 Å². The zero-order valence-corrected chi connectivity index (χ0v) is 10.1. The molecule has 0 fully saturated rings. The summed E-state index contributed by atoms with van der Waals surface area (Å²) < 4.78 is 6.63. The molecule has 0 saturated carbocycles. The second kappa shape index (κ2) is 5.09. The first-order valence-electron chi connectivity index (χ1n) is 4.87. The summed E-state index contributed by atoms with van der Waals surface area (Å²) in [6, 6.07) is 11.4. The summed E-state index contributed by atoms with van der Waals surface area (Å²) in [5.74, 6) is 1.30. The third-order valence-corrected chi connectivity index (χ3v) is 2.57. The van der Waals surface area contributed by atoms with Gasteiger partial charge in [0.2, 0.25) is 5.88 Å². The van der Waals surface area contributed by atoms with Crippen molar-refractivity contribution in [1.29, 1.82) is 0 Å². The van der Waals surface area contributed by atoms with Gasteiger partial charge >= 0.3 is 0 Å². The first-order chi connectivity index (χ1) is 7.79. The van der Waals surface area contributed by atoms with Crippen LogP contribution in [0.1, 0.15) is 5.56 Å². The number of nitrogens with two attached hydrogens (primary N) is 1. The molecule has 0 aliphatic carbocycles. The number of pyridine rings is 1. The monoisotopic (exact) mass is 278 g/mol. The van der Waals surface area contributed by atoms with Crippen molar-refractivity contribution in [1.82, 2.24) is 4.98 Å². The summed E-state index contributed by atoms with van der Waals surface area (Å²) in [4.78, 5) is 4.16. The van der Waals surface area contributed by atoms with Crippen LogP contribution >= 0.6 is 15.9 Å². The Bertz CT molecular complexity index is 488. The molecule has 16 heavy (non-hydrogen) atoms. The molecule has 2 rings (SSSR count). The lowest BCUT2D eigenvalue weighted by atomic mass is 10.3. The van der Waals surface area contributed by atoms with Gasteiger partial charge < -0.3 is 10.5 Å². The summed E-state index contributed by atoms with van der Waals surface area (Å²) in [5.41, 5.74) is 6.50. The third-order valence-electron chi connectivity index (χ3n) is 2.08. The molecule has 4 heteroatoms. The summed E-state index contributed by atoms with van der Waals surface area (Å²) >= 11 is 3.39. The normalized spacial score (nSPS) is 10.1. The fraction of sp³-hybridized carbons (Fsp3) is 0.0833. The molecule has 2 aromatic rings. The summed E-state index contributed by atoms with van der Waals surface area (Å²) in [5, 5.41) is 0. The van der Waals surface area contributed by atoms with E-state index in [1.54, 1.807) is 6.20 Å². The molecule has 0 spiro atoms. The molecule has 0 unspecified atom stereocenters. The highest BCUT2D eigenvalue weighted by Crippen LogP contribution is 2.24. The van der Waals surface area contributed by atoms with Gasteiger partial charge in [0.25, 0.3) is 0 Å². The Morgan fingerprint density at radius 3 is 2.88 bits per heavy atom. The highest BCUT2D eigenvalue weighted by molar-refractivity contribution is 9.10. The Kier molecular flexibility index (Phi) is 3.54. The minimum Gasteiger partial charge on any atom is -0.439 e. The maximum Gasteiger partial charge on any atom is 0.223 e. The first-order valence-corrected chi connectivity index (χ1v) is 5.66. The smallest absolute Gasteiger partial charge is 0.223 e. The molecule has 2 N–H and O–H groups in total.